The molecule has 0 saturated carbocycles. The lowest BCUT2D eigenvalue weighted by Gasteiger charge is -2.12. The summed E-state index contributed by atoms with van der Waals surface area (Å²) in [6.07, 6.45) is 0. The number of benzene rings is 2. The van der Waals surface area contributed by atoms with Crippen LogP contribution in [0.5, 0.6) is 5.75 Å². The number of rotatable bonds is 4. The van der Waals surface area contributed by atoms with Crippen molar-refractivity contribution in [1.82, 2.24) is 0 Å². The topological polar surface area (TPSA) is 55.4 Å². The molecule has 1 N–H and O–H groups in total. The molecule has 2 rings (SSSR count). The largest absolute Gasteiger partial charge is 0.495 e. The van der Waals surface area contributed by atoms with Gasteiger partial charge in [-0.3, -0.25) is 4.72 Å². The molecule has 0 aliphatic carbocycles. The van der Waals surface area contributed by atoms with Crippen molar-refractivity contribution in [3.8, 4) is 5.75 Å². The van der Waals surface area contributed by atoms with Gasteiger partial charge in [0.25, 0.3) is 10.0 Å². The average molecular weight is 298 g/mol. The number of ether oxygens (including phenoxy) is 1. The van der Waals surface area contributed by atoms with Gasteiger partial charge in [0.1, 0.15) is 5.75 Å². The Morgan fingerprint density at radius 2 is 1.79 bits per heavy atom. The summed E-state index contributed by atoms with van der Waals surface area (Å²) in [5, 5.41) is 0.472. The molecule has 0 bridgehead atoms. The van der Waals surface area contributed by atoms with E-state index < -0.39 is 10.0 Å². The minimum absolute atomic E-state index is 0.187. The third-order valence-corrected chi connectivity index (χ3v) is 4.08. The molecule has 0 saturated heterocycles. The Balaban J connectivity index is 2.36. The predicted molar refractivity (Wildman–Crippen MR) is 75.3 cm³/mol. The van der Waals surface area contributed by atoms with Crippen molar-refractivity contribution in [1.29, 1.82) is 0 Å². The van der Waals surface area contributed by atoms with Gasteiger partial charge in [-0.15, -0.1) is 0 Å². The van der Waals surface area contributed by atoms with Crippen molar-refractivity contribution in [3.05, 3.63) is 53.6 Å². The van der Waals surface area contributed by atoms with E-state index >= 15 is 0 Å². The molecule has 0 radical (unpaired) electrons. The third kappa shape index (κ3) is 3.19. The Kier molecular flexibility index (Phi) is 3.97. The van der Waals surface area contributed by atoms with Crippen LogP contribution >= 0.6 is 11.6 Å². The van der Waals surface area contributed by atoms with Crippen LogP contribution in [-0.2, 0) is 10.0 Å². The zero-order valence-electron chi connectivity index (χ0n) is 10.1. The monoisotopic (exact) mass is 297 g/mol. The van der Waals surface area contributed by atoms with E-state index in [2.05, 4.69) is 4.72 Å². The average Bonchev–Trinajstić information content (AvgIpc) is 2.41. The summed E-state index contributed by atoms with van der Waals surface area (Å²) in [6.45, 7) is 0. The molecule has 0 aliphatic heterocycles. The Labute approximate surface area is 117 Å². The normalized spacial score (nSPS) is 11.1. The van der Waals surface area contributed by atoms with Crippen molar-refractivity contribution in [2.24, 2.45) is 0 Å². The minimum Gasteiger partial charge on any atom is -0.495 e. The highest BCUT2D eigenvalue weighted by molar-refractivity contribution is 7.92. The van der Waals surface area contributed by atoms with Crippen LogP contribution in [0.25, 0.3) is 0 Å². The van der Waals surface area contributed by atoms with Gasteiger partial charge in [-0.2, -0.15) is 0 Å². The number of anilines is 1. The summed E-state index contributed by atoms with van der Waals surface area (Å²) >= 11 is 5.83. The summed E-state index contributed by atoms with van der Waals surface area (Å²) in [7, 11) is -2.18. The molecule has 0 aliphatic rings. The molecule has 4 nitrogen and oxygen atoms in total. The van der Waals surface area contributed by atoms with Crippen LogP contribution in [0.4, 0.5) is 5.69 Å². The number of sulfonamides is 1. The smallest absolute Gasteiger partial charge is 0.262 e. The number of halogens is 1. The quantitative estimate of drug-likeness (QED) is 0.943. The molecule has 0 amide bonds. The summed E-state index contributed by atoms with van der Waals surface area (Å²) in [5.41, 5.74) is 0.343. The minimum atomic E-state index is -3.63. The highest BCUT2D eigenvalue weighted by atomic mass is 35.5. The second-order valence-electron chi connectivity index (χ2n) is 3.76. The Morgan fingerprint density at radius 1 is 1.11 bits per heavy atom. The van der Waals surface area contributed by atoms with E-state index in [1.807, 2.05) is 0 Å². The van der Waals surface area contributed by atoms with Crippen molar-refractivity contribution < 1.29 is 13.2 Å². The molecule has 19 heavy (non-hydrogen) atoms. The Hall–Kier alpha value is -1.72. The van der Waals surface area contributed by atoms with E-state index in [4.69, 9.17) is 16.3 Å². The maximum absolute atomic E-state index is 12.2. The Morgan fingerprint density at radius 3 is 2.42 bits per heavy atom. The molecule has 0 fully saturated rings. The molecular weight excluding hydrogens is 286 g/mol. The van der Waals surface area contributed by atoms with Crippen LogP contribution in [0.3, 0.4) is 0 Å². The number of methoxy groups -OCH3 is 1. The van der Waals surface area contributed by atoms with E-state index in [0.29, 0.717) is 16.5 Å². The van der Waals surface area contributed by atoms with Gasteiger partial charge >= 0.3 is 0 Å². The molecule has 0 heterocycles. The number of nitrogens with one attached hydrogen (secondary N) is 1. The van der Waals surface area contributed by atoms with Gasteiger partial charge in [0.2, 0.25) is 0 Å². The first-order valence-electron chi connectivity index (χ1n) is 5.44. The molecule has 2 aromatic carbocycles. The maximum Gasteiger partial charge on any atom is 0.262 e. The van der Waals surface area contributed by atoms with Crippen molar-refractivity contribution in [2.75, 3.05) is 11.8 Å². The van der Waals surface area contributed by atoms with Crippen LogP contribution in [0.2, 0.25) is 5.02 Å². The molecule has 100 valence electrons. The molecule has 0 aromatic heterocycles. The van der Waals surface area contributed by atoms with Gasteiger partial charge in [0.05, 0.1) is 17.7 Å². The highest BCUT2D eigenvalue weighted by Crippen LogP contribution is 2.29. The van der Waals surface area contributed by atoms with Crippen LogP contribution in [0.15, 0.2) is 53.4 Å². The second-order valence-corrected chi connectivity index (χ2v) is 5.88. The number of hydrogen-bond donors (Lipinski definition) is 1. The first-order chi connectivity index (χ1) is 9.03. The van der Waals surface area contributed by atoms with Crippen LogP contribution in [-0.4, -0.2) is 15.5 Å². The fraction of sp³-hybridized carbons (Fsp3) is 0.0769. The van der Waals surface area contributed by atoms with E-state index in [1.165, 1.54) is 19.2 Å². The molecule has 0 atom stereocenters. The molecule has 0 spiro atoms. The highest BCUT2D eigenvalue weighted by Gasteiger charge is 2.16. The van der Waals surface area contributed by atoms with E-state index in [-0.39, 0.29) is 4.90 Å². The lowest BCUT2D eigenvalue weighted by molar-refractivity contribution is 0.417. The lowest BCUT2D eigenvalue weighted by Crippen LogP contribution is -2.13. The van der Waals surface area contributed by atoms with Crippen LogP contribution in [0.1, 0.15) is 0 Å². The van der Waals surface area contributed by atoms with Gasteiger partial charge in [-0.05, 0) is 24.3 Å². The SMILES string of the molecule is COc1cc(Cl)ccc1NS(=O)(=O)c1ccccc1. The molecule has 0 unspecified atom stereocenters. The van der Waals surface area contributed by atoms with E-state index in [9.17, 15) is 8.42 Å². The van der Waals surface area contributed by atoms with Crippen molar-refractivity contribution >= 4 is 27.3 Å². The molecular formula is C13H12ClNO3S. The fourth-order valence-electron chi connectivity index (χ4n) is 1.55. The van der Waals surface area contributed by atoms with Gasteiger partial charge < -0.3 is 4.74 Å². The van der Waals surface area contributed by atoms with Crippen LogP contribution < -0.4 is 9.46 Å². The van der Waals surface area contributed by atoms with Gasteiger partial charge in [0, 0.05) is 11.1 Å². The fourth-order valence-corrected chi connectivity index (χ4v) is 2.81. The van der Waals surface area contributed by atoms with Crippen molar-refractivity contribution in [2.45, 2.75) is 4.90 Å². The summed E-state index contributed by atoms with van der Waals surface area (Å²) in [4.78, 5) is 0.187. The second kappa shape index (κ2) is 5.50. The summed E-state index contributed by atoms with van der Waals surface area (Å²) in [6, 6.07) is 12.8. The van der Waals surface area contributed by atoms with Gasteiger partial charge in [-0.1, -0.05) is 29.8 Å². The van der Waals surface area contributed by atoms with Crippen molar-refractivity contribution in [3.63, 3.8) is 0 Å². The summed E-state index contributed by atoms with van der Waals surface area (Å²) in [5.74, 6) is 0.368. The maximum atomic E-state index is 12.2. The zero-order chi connectivity index (χ0) is 13.9. The van der Waals surface area contributed by atoms with E-state index in [1.54, 1.807) is 36.4 Å². The van der Waals surface area contributed by atoms with Crippen LogP contribution in [0, 0.1) is 0 Å². The standard InChI is InChI=1S/C13H12ClNO3S/c1-18-13-9-10(14)7-8-12(13)15-19(16,17)11-5-3-2-4-6-11/h2-9,15H,1H3. The third-order valence-electron chi connectivity index (χ3n) is 2.46. The van der Waals surface area contributed by atoms with Gasteiger partial charge in [0.15, 0.2) is 0 Å². The van der Waals surface area contributed by atoms with Gasteiger partial charge in [-0.25, -0.2) is 8.42 Å². The Bertz CT molecular complexity index is 672. The number of hydrogen-bond acceptors (Lipinski definition) is 3. The first kappa shape index (κ1) is 13.7. The first-order valence-corrected chi connectivity index (χ1v) is 7.30. The molecule has 2 aromatic rings. The van der Waals surface area contributed by atoms with E-state index in [0.717, 1.165) is 0 Å². The zero-order valence-corrected chi connectivity index (χ0v) is 11.7. The molecule has 6 heteroatoms. The predicted octanol–water partition coefficient (Wildman–Crippen LogP) is 3.15. The summed E-state index contributed by atoms with van der Waals surface area (Å²) < 4.78 is 31.9. The lowest BCUT2D eigenvalue weighted by atomic mass is 10.3.